The molecule has 0 radical (unpaired) electrons. The fourth-order valence-electron chi connectivity index (χ4n) is 4.56. The molecule has 0 spiro atoms. The Morgan fingerprint density at radius 3 is 2.27 bits per heavy atom. The first-order valence-electron chi connectivity index (χ1n) is 11.3. The van der Waals surface area contributed by atoms with Gasteiger partial charge in [0, 0.05) is 37.8 Å². The van der Waals surface area contributed by atoms with Crippen LogP contribution in [0.15, 0.2) is 53.4 Å². The Kier molecular flexibility index (Phi) is 7.02. The molecule has 0 bridgehead atoms. The molecule has 33 heavy (non-hydrogen) atoms. The number of ether oxygens (including phenoxy) is 1. The van der Waals surface area contributed by atoms with Gasteiger partial charge in [0.1, 0.15) is 5.82 Å². The van der Waals surface area contributed by atoms with Gasteiger partial charge >= 0.3 is 0 Å². The summed E-state index contributed by atoms with van der Waals surface area (Å²) >= 11 is 0. The second-order valence-electron chi connectivity index (χ2n) is 8.81. The number of carbonyl (C=O) groups is 1. The Morgan fingerprint density at radius 2 is 1.67 bits per heavy atom. The lowest BCUT2D eigenvalue weighted by molar-refractivity contribution is -0.120. The molecular weight excluding hydrogens is 445 g/mol. The molecule has 7 nitrogen and oxygen atoms in total. The molecule has 1 N–H and O–H groups in total. The monoisotopic (exact) mass is 475 g/mol. The van der Waals surface area contributed by atoms with E-state index in [4.69, 9.17) is 4.74 Å². The maximum Gasteiger partial charge on any atom is 0.243 e. The summed E-state index contributed by atoms with van der Waals surface area (Å²) in [5.74, 6) is -0.929. The molecule has 2 saturated heterocycles. The first kappa shape index (κ1) is 23.7. The van der Waals surface area contributed by atoms with Crippen LogP contribution in [-0.2, 0) is 19.6 Å². The number of nitrogens with one attached hydrogen (secondary N) is 1. The number of nitrogens with zero attached hydrogens (tertiary/aromatic N) is 2. The number of halogens is 1. The molecule has 0 saturated carbocycles. The number of hydrogen-bond donors (Lipinski definition) is 1. The molecule has 2 aliphatic heterocycles. The lowest BCUT2D eigenvalue weighted by Crippen LogP contribution is -2.45. The normalized spacial score (nSPS) is 22.8. The van der Waals surface area contributed by atoms with Gasteiger partial charge in [0.05, 0.1) is 22.8 Å². The van der Waals surface area contributed by atoms with Crippen molar-refractivity contribution < 1.29 is 22.3 Å². The molecule has 2 unspecified atom stereocenters. The number of hydrogen-bond acceptors (Lipinski definition) is 5. The fraction of sp³-hybridized carbons (Fsp3) is 0.458. The van der Waals surface area contributed by atoms with Crippen molar-refractivity contribution in [1.29, 1.82) is 0 Å². The molecule has 2 aromatic carbocycles. The number of piperidine rings is 1. The van der Waals surface area contributed by atoms with Gasteiger partial charge in [0.15, 0.2) is 0 Å². The molecule has 2 fully saturated rings. The van der Waals surface area contributed by atoms with Crippen LogP contribution in [0.5, 0.6) is 0 Å². The minimum absolute atomic E-state index is 0.0177. The molecule has 2 aliphatic rings. The van der Waals surface area contributed by atoms with Crippen molar-refractivity contribution in [3.63, 3.8) is 0 Å². The average Bonchev–Trinajstić information content (AvgIpc) is 2.79. The predicted octanol–water partition coefficient (Wildman–Crippen LogP) is 3.48. The molecule has 9 heteroatoms. The van der Waals surface area contributed by atoms with E-state index in [1.807, 2.05) is 18.7 Å². The largest absolute Gasteiger partial charge is 0.372 e. The van der Waals surface area contributed by atoms with Gasteiger partial charge in [-0.1, -0.05) is 18.2 Å². The molecule has 0 aliphatic carbocycles. The third-order valence-electron chi connectivity index (χ3n) is 6.18. The zero-order valence-electron chi connectivity index (χ0n) is 18.9. The summed E-state index contributed by atoms with van der Waals surface area (Å²) in [6.07, 6.45) is 0.873. The van der Waals surface area contributed by atoms with Crippen LogP contribution in [0.3, 0.4) is 0 Å². The van der Waals surface area contributed by atoms with Crippen molar-refractivity contribution in [2.75, 3.05) is 36.4 Å². The van der Waals surface area contributed by atoms with Crippen molar-refractivity contribution in [2.24, 2.45) is 5.92 Å². The van der Waals surface area contributed by atoms with E-state index >= 15 is 0 Å². The van der Waals surface area contributed by atoms with E-state index in [0.717, 1.165) is 0 Å². The third kappa shape index (κ3) is 5.37. The lowest BCUT2D eigenvalue weighted by Gasteiger charge is -2.37. The molecule has 2 aromatic rings. The number of sulfonamides is 1. The topological polar surface area (TPSA) is 79.0 Å². The van der Waals surface area contributed by atoms with E-state index in [1.165, 1.54) is 10.4 Å². The maximum absolute atomic E-state index is 14.8. The SMILES string of the molecule is CC1CN(c2ccc(NC(=O)C3CCN(S(=O)(=O)c4ccccc4)CC3)cc2F)CC(C)O1. The van der Waals surface area contributed by atoms with E-state index in [1.54, 1.807) is 42.5 Å². The molecule has 2 atom stereocenters. The van der Waals surface area contributed by atoms with Crippen molar-refractivity contribution in [3.05, 3.63) is 54.3 Å². The van der Waals surface area contributed by atoms with E-state index in [2.05, 4.69) is 5.32 Å². The van der Waals surface area contributed by atoms with Crippen molar-refractivity contribution in [1.82, 2.24) is 4.31 Å². The second kappa shape index (κ2) is 9.79. The quantitative estimate of drug-likeness (QED) is 0.716. The summed E-state index contributed by atoms with van der Waals surface area (Å²) in [5.41, 5.74) is 0.893. The summed E-state index contributed by atoms with van der Waals surface area (Å²) < 4.78 is 47.5. The Balaban J connectivity index is 1.35. The van der Waals surface area contributed by atoms with E-state index in [9.17, 15) is 17.6 Å². The molecule has 0 aromatic heterocycles. The summed E-state index contributed by atoms with van der Waals surface area (Å²) in [6, 6.07) is 13.0. The number of amides is 1. The highest BCUT2D eigenvalue weighted by atomic mass is 32.2. The van der Waals surface area contributed by atoms with Crippen LogP contribution in [0.4, 0.5) is 15.8 Å². The first-order valence-corrected chi connectivity index (χ1v) is 12.7. The summed E-state index contributed by atoms with van der Waals surface area (Å²) in [7, 11) is -3.56. The summed E-state index contributed by atoms with van der Waals surface area (Å²) in [6.45, 7) is 5.69. The smallest absolute Gasteiger partial charge is 0.243 e. The van der Waals surface area contributed by atoms with Crippen molar-refractivity contribution >= 4 is 27.3 Å². The van der Waals surface area contributed by atoms with Gasteiger partial charge in [-0.25, -0.2) is 12.8 Å². The molecule has 4 rings (SSSR count). The first-order chi connectivity index (χ1) is 15.7. The van der Waals surface area contributed by atoms with Crippen molar-refractivity contribution in [2.45, 2.75) is 43.8 Å². The van der Waals surface area contributed by atoms with Crippen LogP contribution in [0.2, 0.25) is 0 Å². The van der Waals surface area contributed by atoms with Crippen LogP contribution in [0.1, 0.15) is 26.7 Å². The minimum Gasteiger partial charge on any atom is -0.372 e. The van der Waals surface area contributed by atoms with Crippen LogP contribution in [0.25, 0.3) is 0 Å². The Morgan fingerprint density at radius 1 is 1.03 bits per heavy atom. The number of anilines is 2. The lowest BCUT2D eigenvalue weighted by atomic mass is 9.97. The van der Waals surface area contributed by atoms with Crippen LogP contribution >= 0.6 is 0 Å². The predicted molar refractivity (Wildman–Crippen MR) is 125 cm³/mol. The van der Waals surface area contributed by atoms with Gasteiger partial charge in [-0.3, -0.25) is 4.79 Å². The van der Waals surface area contributed by atoms with E-state index < -0.39 is 15.8 Å². The zero-order valence-corrected chi connectivity index (χ0v) is 19.7. The Hall–Kier alpha value is -2.49. The third-order valence-corrected chi connectivity index (χ3v) is 8.09. The van der Waals surface area contributed by atoms with E-state index in [0.29, 0.717) is 37.3 Å². The molecular formula is C24H30FN3O4S. The highest BCUT2D eigenvalue weighted by Gasteiger charge is 2.32. The van der Waals surface area contributed by atoms with Gasteiger partial charge < -0.3 is 15.0 Å². The summed E-state index contributed by atoms with van der Waals surface area (Å²) in [5, 5.41) is 2.80. The highest BCUT2D eigenvalue weighted by Crippen LogP contribution is 2.28. The average molecular weight is 476 g/mol. The Labute approximate surface area is 194 Å². The molecule has 178 valence electrons. The van der Waals surface area contributed by atoms with Crippen LogP contribution in [0, 0.1) is 11.7 Å². The van der Waals surface area contributed by atoms with Gasteiger partial charge in [0.2, 0.25) is 15.9 Å². The molecule has 2 heterocycles. The van der Waals surface area contributed by atoms with Crippen LogP contribution in [-0.4, -0.2) is 57.0 Å². The van der Waals surface area contributed by atoms with Gasteiger partial charge in [-0.15, -0.1) is 0 Å². The van der Waals surface area contributed by atoms with Gasteiger partial charge in [-0.2, -0.15) is 4.31 Å². The maximum atomic E-state index is 14.8. The van der Waals surface area contributed by atoms with E-state index in [-0.39, 0.29) is 42.0 Å². The number of carbonyl (C=O) groups excluding carboxylic acids is 1. The summed E-state index contributed by atoms with van der Waals surface area (Å²) in [4.78, 5) is 15.0. The van der Waals surface area contributed by atoms with Gasteiger partial charge in [0.25, 0.3) is 0 Å². The molecule has 1 amide bonds. The number of rotatable bonds is 5. The Bertz CT molecular complexity index is 1080. The highest BCUT2D eigenvalue weighted by molar-refractivity contribution is 7.89. The zero-order chi connectivity index (χ0) is 23.6. The van der Waals surface area contributed by atoms with Crippen molar-refractivity contribution in [3.8, 4) is 0 Å². The van der Waals surface area contributed by atoms with Crippen LogP contribution < -0.4 is 10.2 Å². The second-order valence-corrected chi connectivity index (χ2v) is 10.7. The van der Waals surface area contributed by atoms with Gasteiger partial charge in [-0.05, 0) is 57.0 Å². The number of morpholine rings is 1. The minimum atomic E-state index is -3.56. The number of benzene rings is 2. The standard InChI is InChI=1S/C24H30FN3O4S/c1-17-15-27(16-18(2)32-17)23-9-8-20(14-22(23)25)26-24(29)19-10-12-28(13-11-19)33(30,31)21-6-4-3-5-7-21/h3-9,14,17-19H,10-13,15-16H2,1-2H3,(H,26,29). The fourth-order valence-corrected chi connectivity index (χ4v) is 6.05.